The molecule has 0 N–H and O–H groups in total. The Labute approximate surface area is 142 Å². The molecule has 0 spiro atoms. The maximum Gasteiger partial charge on any atom is 0.348 e. The number of esters is 2. The summed E-state index contributed by atoms with van der Waals surface area (Å²) < 4.78 is 10.0. The normalized spacial score (nSPS) is 13.3. The molecule has 3 rings (SSSR count). The minimum absolute atomic E-state index is 0.192. The predicted octanol–water partition coefficient (Wildman–Crippen LogP) is 3.68. The van der Waals surface area contributed by atoms with E-state index >= 15 is 0 Å². The Hall–Kier alpha value is -1.79. The summed E-state index contributed by atoms with van der Waals surface area (Å²) in [4.78, 5) is 25.5. The fourth-order valence-corrected chi connectivity index (χ4v) is 4.59. The molecule has 0 fully saturated rings. The molecule has 1 aromatic carbocycles. The maximum atomic E-state index is 12.2. The van der Waals surface area contributed by atoms with E-state index in [1.807, 2.05) is 17.8 Å². The molecule has 0 aliphatic carbocycles. The molecular weight excluding hydrogens is 332 g/mol. The number of benzene rings is 1. The lowest BCUT2D eigenvalue weighted by Gasteiger charge is -2.08. The smallest absolute Gasteiger partial charge is 0.348 e. The minimum atomic E-state index is -0.379. The monoisotopic (exact) mass is 348 g/mol. The number of ether oxygens (including phenoxy) is 2. The zero-order valence-corrected chi connectivity index (χ0v) is 14.3. The Morgan fingerprint density at radius 3 is 2.65 bits per heavy atom. The SMILES string of the molecule is COC(=O)c1ccc(COC(=O)c2cc3c(s2)CCSC3)cc1. The van der Waals surface area contributed by atoms with Crippen molar-refractivity contribution in [2.75, 3.05) is 12.9 Å². The van der Waals surface area contributed by atoms with E-state index < -0.39 is 0 Å². The molecule has 23 heavy (non-hydrogen) atoms. The number of thiophene rings is 1. The van der Waals surface area contributed by atoms with Gasteiger partial charge in [0.1, 0.15) is 11.5 Å². The van der Waals surface area contributed by atoms with Gasteiger partial charge in [-0.15, -0.1) is 11.3 Å². The molecule has 0 amide bonds. The van der Waals surface area contributed by atoms with E-state index in [4.69, 9.17) is 4.74 Å². The van der Waals surface area contributed by atoms with Crippen molar-refractivity contribution in [3.05, 3.63) is 56.8 Å². The standard InChI is InChI=1S/C17H16O4S2/c1-20-16(18)12-4-2-11(3-5-12)9-21-17(19)15-8-13-10-22-7-6-14(13)23-15/h2-5,8H,6-7,9-10H2,1H3. The molecule has 0 saturated carbocycles. The predicted molar refractivity (Wildman–Crippen MR) is 91.1 cm³/mol. The Balaban J connectivity index is 1.60. The van der Waals surface area contributed by atoms with Crippen molar-refractivity contribution in [1.82, 2.24) is 0 Å². The molecule has 0 saturated heterocycles. The molecule has 0 atom stereocenters. The lowest BCUT2D eigenvalue weighted by Crippen LogP contribution is -2.04. The van der Waals surface area contributed by atoms with Crippen molar-refractivity contribution in [3.63, 3.8) is 0 Å². The number of fused-ring (bicyclic) bond motifs is 1. The zero-order chi connectivity index (χ0) is 16.2. The number of methoxy groups -OCH3 is 1. The van der Waals surface area contributed by atoms with Crippen LogP contribution in [0.15, 0.2) is 30.3 Å². The van der Waals surface area contributed by atoms with Crippen molar-refractivity contribution in [2.24, 2.45) is 0 Å². The number of hydrogen-bond acceptors (Lipinski definition) is 6. The Morgan fingerprint density at radius 1 is 1.17 bits per heavy atom. The van der Waals surface area contributed by atoms with Crippen molar-refractivity contribution < 1.29 is 19.1 Å². The number of rotatable bonds is 4. The van der Waals surface area contributed by atoms with E-state index in [0.29, 0.717) is 10.4 Å². The first-order chi connectivity index (χ1) is 11.2. The van der Waals surface area contributed by atoms with E-state index in [0.717, 1.165) is 23.5 Å². The third-order valence-electron chi connectivity index (χ3n) is 3.57. The van der Waals surface area contributed by atoms with Crippen LogP contribution >= 0.6 is 23.1 Å². The fourth-order valence-electron chi connectivity index (χ4n) is 2.32. The average Bonchev–Trinajstić information content (AvgIpc) is 3.03. The van der Waals surface area contributed by atoms with Crippen LogP contribution in [0.25, 0.3) is 0 Å². The highest BCUT2D eigenvalue weighted by atomic mass is 32.2. The fraction of sp³-hybridized carbons (Fsp3) is 0.294. The van der Waals surface area contributed by atoms with Gasteiger partial charge in [0.2, 0.25) is 0 Å². The van der Waals surface area contributed by atoms with Gasteiger partial charge in [0.15, 0.2) is 0 Å². The molecule has 0 bridgehead atoms. The van der Waals surface area contributed by atoms with E-state index in [2.05, 4.69) is 4.74 Å². The molecule has 0 radical (unpaired) electrons. The summed E-state index contributed by atoms with van der Waals surface area (Å²) in [6, 6.07) is 8.80. The molecule has 120 valence electrons. The van der Waals surface area contributed by atoms with Crippen molar-refractivity contribution in [1.29, 1.82) is 0 Å². The highest BCUT2D eigenvalue weighted by molar-refractivity contribution is 7.98. The third-order valence-corrected chi connectivity index (χ3v) is 5.80. The first-order valence-corrected chi connectivity index (χ1v) is 9.18. The molecule has 6 heteroatoms. The second-order valence-corrected chi connectivity index (χ2v) is 7.37. The molecule has 0 unspecified atom stereocenters. The van der Waals surface area contributed by atoms with Gasteiger partial charge < -0.3 is 9.47 Å². The maximum absolute atomic E-state index is 12.2. The van der Waals surface area contributed by atoms with Gasteiger partial charge >= 0.3 is 11.9 Å². The van der Waals surface area contributed by atoms with Gasteiger partial charge in [-0.3, -0.25) is 0 Å². The zero-order valence-electron chi connectivity index (χ0n) is 12.7. The van der Waals surface area contributed by atoms with Crippen LogP contribution in [0.4, 0.5) is 0 Å². The summed E-state index contributed by atoms with van der Waals surface area (Å²) in [6.07, 6.45) is 1.03. The van der Waals surface area contributed by atoms with Gasteiger partial charge in [0.05, 0.1) is 12.7 Å². The van der Waals surface area contributed by atoms with E-state index in [1.54, 1.807) is 24.3 Å². The summed E-state index contributed by atoms with van der Waals surface area (Å²) in [5.41, 5.74) is 2.58. The summed E-state index contributed by atoms with van der Waals surface area (Å²) in [5.74, 6) is 1.44. The van der Waals surface area contributed by atoms with Gasteiger partial charge in [0.25, 0.3) is 0 Å². The van der Waals surface area contributed by atoms with Gasteiger partial charge in [-0.05, 0) is 41.5 Å². The number of hydrogen-bond donors (Lipinski definition) is 0. The third kappa shape index (κ3) is 3.76. The summed E-state index contributed by atoms with van der Waals surface area (Å²) in [7, 11) is 1.34. The molecular formula is C17H16O4S2. The second kappa shape index (κ2) is 7.19. The summed E-state index contributed by atoms with van der Waals surface area (Å²) in [6.45, 7) is 0.192. The van der Waals surface area contributed by atoms with E-state index in [-0.39, 0.29) is 18.5 Å². The minimum Gasteiger partial charge on any atom is -0.465 e. The van der Waals surface area contributed by atoms with Crippen LogP contribution < -0.4 is 0 Å². The van der Waals surface area contributed by atoms with Crippen LogP contribution in [0.1, 0.15) is 36.0 Å². The van der Waals surface area contributed by atoms with Crippen molar-refractivity contribution in [3.8, 4) is 0 Å². The second-order valence-electron chi connectivity index (χ2n) is 5.13. The number of carbonyl (C=O) groups excluding carboxylic acids is 2. The first-order valence-electron chi connectivity index (χ1n) is 7.21. The molecule has 2 aromatic rings. The molecule has 4 nitrogen and oxygen atoms in total. The van der Waals surface area contributed by atoms with Crippen LogP contribution in [0.5, 0.6) is 0 Å². The average molecular weight is 348 g/mol. The van der Waals surface area contributed by atoms with Gasteiger partial charge in [-0.2, -0.15) is 11.8 Å². The largest absolute Gasteiger partial charge is 0.465 e. The Morgan fingerprint density at radius 2 is 1.96 bits per heavy atom. The topological polar surface area (TPSA) is 52.6 Å². The van der Waals surface area contributed by atoms with Crippen LogP contribution in [0, 0.1) is 0 Å². The first kappa shape index (κ1) is 16.1. The van der Waals surface area contributed by atoms with Crippen LogP contribution in [0.2, 0.25) is 0 Å². The van der Waals surface area contributed by atoms with Crippen LogP contribution in [-0.2, 0) is 28.3 Å². The summed E-state index contributed by atoms with van der Waals surface area (Å²) >= 11 is 3.43. The molecule has 2 heterocycles. The van der Waals surface area contributed by atoms with Crippen molar-refractivity contribution >= 4 is 35.0 Å². The number of carbonyl (C=O) groups is 2. The van der Waals surface area contributed by atoms with Gasteiger partial charge in [-0.1, -0.05) is 12.1 Å². The van der Waals surface area contributed by atoms with E-state index in [1.165, 1.54) is 28.9 Å². The van der Waals surface area contributed by atoms with E-state index in [9.17, 15) is 9.59 Å². The Bertz CT molecular complexity index is 695. The highest BCUT2D eigenvalue weighted by Gasteiger charge is 2.18. The summed E-state index contributed by atoms with van der Waals surface area (Å²) in [5, 5.41) is 0. The van der Waals surface area contributed by atoms with Crippen molar-refractivity contribution in [2.45, 2.75) is 18.8 Å². The molecule has 1 aliphatic rings. The highest BCUT2D eigenvalue weighted by Crippen LogP contribution is 2.32. The van der Waals surface area contributed by atoms with Gasteiger partial charge in [-0.25, -0.2) is 9.59 Å². The Kier molecular flexibility index (Phi) is 5.03. The van der Waals surface area contributed by atoms with Crippen LogP contribution in [-0.4, -0.2) is 24.8 Å². The number of aryl methyl sites for hydroxylation is 1. The van der Waals surface area contributed by atoms with Crippen LogP contribution in [0.3, 0.4) is 0 Å². The lowest BCUT2D eigenvalue weighted by atomic mass is 10.1. The molecule has 1 aromatic heterocycles. The molecule has 1 aliphatic heterocycles. The quantitative estimate of drug-likeness (QED) is 0.789. The lowest BCUT2D eigenvalue weighted by molar-refractivity contribution is 0.0477. The van der Waals surface area contributed by atoms with Gasteiger partial charge in [0, 0.05) is 10.6 Å². The number of thioether (sulfide) groups is 1.